The van der Waals surface area contributed by atoms with E-state index in [-0.39, 0.29) is 5.91 Å². The molecule has 0 atom stereocenters. The van der Waals surface area contributed by atoms with Crippen LogP contribution in [0.1, 0.15) is 21.7 Å². The van der Waals surface area contributed by atoms with Gasteiger partial charge in [-0.25, -0.2) is 0 Å². The summed E-state index contributed by atoms with van der Waals surface area (Å²) in [5.41, 5.74) is 6.92. The summed E-state index contributed by atoms with van der Waals surface area (Å²) in [6.45, 7) is 1.86. The van der Waals surface area contributed by atoms with Gasteiger partial charge in [0.15, 0.2) is 5.82 Å². The summed E-state index contributed by atoms with van der Waals surface area (Å²) in [6, 6.07) is 7.02. The van der Waals surface area contributed by atoms with E-state index in [4.69, 9.17) is 18.0 Å². The smallest absolute Gasteiger partial charge is 0.254 e. The number of fused-ring (bicyclic) bond motifs is 1. The molecule has 0 saturated heterocycles. The van der Waals surface area contributed by atoms with Crippen LogP contribution in [0, 0.1) is 0 Å². The van der Waals surface area contributed by atoms with Crippen LogP contribution in [0.5, 0.6) is 0 Å². The molecule has 2 N–H and O–H groups in total. The van der Waals surface area contributed by atoms with Gasteiger partial charge < -0.3 is 15.2 Å². The zero-order valence-electron chi connectivity index (χ0n) is 10.7. The molecule has 1 aromatic heterocycles. The SMILES string of the molecule is NC(=S)c1ccc(C(=O)N2CCn3cnnc3C2)cc1. The number of benzene rings is 1. The second kappa shape index (κ2) is 5.01. The Balaban J connectivity index is 1.78. The highest BCUT2D eigenvalue weighted by Crippen LogP contribution is 2.14. The summed E-state index contributed by atoms with van der Waals surface area (Å²) >= 11 is 4.89. The number of carbonyl (C=O) groups excluding carboxylic acids is 1. The summed E-state index contributed by atoms with van der Waals surface area (Å²) < 4.78 is 1.96. The first kappa shape index (κ1) is 12.7. The van der Waals surface area contributed by atoms with E-state index in [9.17, 15) is 4.79 Å². The minimum Gasteiger partial charge on any atom is -0.389 e. The summed E-state index contributed by atoms with van der Waals surface area (Å²) in [5, 5.41) is 7.85. The van der Waals surface area contributed by atoms with Gasteiger partial charge in [-0.05, 0) is 12.1 Å². The molecule has 0 bridgehead atoms. The van der Waals surface area contributed by atoms with Crippen LogP contribution < -0.4 is 5.73 Å². The van der Waals surface area contributed by atoms with Gasteiger partial charge in [0.2, 0.25) is 0 Å². The lowest BCUT2D eigenvalue weighted by molar-refractivity contribution is 0.0707. The van der Waals surface area contributed by atoms with Crippen LogP contribution in [0.15, 0.2) is 30.6 Å². The molecule has 0 fully saturated rings. The maximum absolute atomic E-state index is 12.4. The van der Waals surface area contributed by atoms with Gasteiger partial charge in [0, 0.05) is 24.2 Å². The van der Waals surface area contributed by atoms with Gasteiger partial charge in [0.1, 0.15) is 11.3 Å². The van der Waals surface area contributed by atoms with Gasteiger partial charge >= 0.3 is 0 Å². The fourth-order valence-electron chi connectivity index (χ4n) is 2.20. The third kappa shape index (κ3) is 2.27. The van der Waals surface area contributed by atoms with Crippen LogP contribution >= 0.6 is 12.2 Å². The third-order valence-corrected chi connectivity index (χ3v) is 3.58. The van der Waals surface area contributed by atoms with E-state index in [1.165, 1.54) is 0 Å². The molecule has 102 valence electrons. The van der Waals surface area contributed by atoms with Gasteiger partial charge in [0.25, 0.3) is 5.91 Å². The largest absolute Gasteiger partial charge is 0.389 e. The Morgan fingerprint density at radius 2 is 1.90 bits per heavy atom. The Bertz CT molecular complexity index is 664. The van der Waals surface area contributed by atoms with Crippen molar-refractivity contribution >= 4 is 23.1 Å². The fourth-order valence-corrected chi connectivity index (χ4v) is 2.34. The number of rotatable bonds is 2. The van der Waals surface area contributed by atoms with Crippen LogP contribution in [-0.2, 0) is 13.1 Å². The zero-order valence-corrected chi connectivity index (χ0v) is 11.5. The average Bonchev–Trinajstić information content (AvgIpc) is 2.94. The van der Waals surface area contributed by atoms with Gasteiger partial charge in [-0.15, -0.1) is 10.2 Å². The number of aromatic nitrogens is 3. The standard InChI is InChI=1S/C13H13N5OS/c14-12(20)9-1-3-10(4-2-9)13(19)17-5-6-18-8-15-16-11(18)7-17/h1-4,8H,5-7H2,(H2,14,20). The molecule has 1 aromatic carbocycles. The number of hydrogen-bond acceptors (Lipinski definition) is 4. The lowest BCUT2D eigenvalue weighted by Gasteiger charge is -2.27. The lowest BCUT2D eigenvalue weighted by atomic mass is 10.1. The molecule has 0 aliphatic carbocycles. The van der Waals surface area contributed by atoms with Crippen molar-refractivity contribution in [3.05, 3.63) is 47.5 Å². The number of amides is 1. The molecule has 1 amide bonds. The van der Waals surface area contributed by atoms with Crippen molar-refractivity contribution in [2.45, 2.75) is 13.1 Å². The number of thiocarbonyl (C=S) groups is 1. The molecular formula is C13H13N5OS. The van der Waals surface area contributed by atoms with Crippen LogP contribution in [0.3, 0.4) is 0 Å². The van der Waals surface area contributed by atoms with Crippen molar-refractivity contribution in [1.29, 1.82) is 0 Å². The van der Waals surface area contributed by atoms with E-state index in [0.717, 1.165) is 17.9 Å². The normalized spacial score (nSPS) is 13.9. The van der Waals surface area contributed by atoms with Crippen molar-refractivity contribution < 1.29 is 4.79 Å². The van der Waals surface area contributed by atoms with E-state index in [2.05, 4.69) is 10.2 Å². The first-order valence-electron chi connectivity index (χ1n) is 6.21. The molecule has 3 rings (SSSR count). The molecule has 0 spiro atoms. The molecule has 7 heteroatoms. The molecule has 0 saturated carbocycles. The lowest BCUT2D eigenvalue weighted by Crippen LogP contribution is -2.38. The van der Waals surface area contributed by atoms with Gasteiger partial charge in [-0.2, -0.15) is 0 Å². The van der Waals surface area contributed by atoms with Crippen molar-refractivity contribution in [2.24, 2.45) is 5.73 Å². The van der Waals surface area contributed by atoms with Gasteiger partial charge in [-0.1, -0.05) is 24.4 Å². The highest BCUT2D eigenvalue weighted by molar-refractivity contribution is 7.80. The molecule has 2 heterocycles. The second-order valence-electron chi connectivity index (χ2n) is 4.61. The summed E-state index contributed by atoms with van der Waals surface area (Å²) in [4.78, 5) is 14.5. The second-order valence-corrected chi connectivity index (χ2v) is 5.05. The number of nitrogens with two attached hydrogens (primary N) is 1. The Labute approximate surface area is 121 Å². The first-order valence-corrected chi connectivity index (χ1v) is 6.62. The number of carbonyl (C=O) groups is 1. The van der Waals surface area contributed by atoms with Crippen LogP contribution in [0.2, 0.25) is 0 Å². The van der Waals surface area contributed by atoms with Gasteiger partial charge in [0.05, 0.1) is 6.54 Å². The molecule has 0 radical (unpaired) electrons. The van der Waals surface area contributed by atoms with E-state index in [1.54, 1.807) is 35.5 Å². The predicted octanol–water partition coefficient (Wildman–Crippen LogP) is 0.568. The summed E-state index contributed by atoms with van der Waals surface area (Å²) in [7, 11) is 0. The molecular weight excluding hydrogens is 274 g/mol. The Morgan fingerprint density at radius 3 is 2.60 bits per heavy atom. The molecule has 20 heavy (non-hydrogen) atoms. The maximum atomic E-state index is 12.4. The first-order chi connectivity index (χ1) is 9.65. The topological polar surface area (TPSA) is 77.0 Å². The molecule has 1 aliphatic rings. The van der Waals surface area contributed by atoms with Crippen molar-refractivity contribution in [3.63, 3.8) is 0 Å². The van der Waals surface area contributed by atoms with E-state index in [1.807, 2.05) is 4.57 Å². The number of hydrogen-bond donors (Lipinski definition) is 1. The van der Waals surface area contributed by atoms with Crippen molar-refractivity contribution in [3.8, 4) is 0 Å². The quantitative estimate of drug-likeness (QED) is 0.817. The maximum Gasteiger partial charge on any atom is 0.254 e. The van der Waals surface area contributed by atoms with E-state index >= 15 is 0 Å². The van der Waals surface area contributed by atoms with Crippen molar-refractivity contribution in [2.75, 3.05) is 6.54 Å². The third-order valence-electron chi connectivity index (χ3n) is 3.34. The summed E-state index contributed by atoms with van der Waals surface area (Å²) in [5.74, 6) is 0.790. The van der Waals surface area contributed by atoms with Gasteiger partial charge in [-0.3, -0.25) is 4.79 Å². The van der Waals surface area contributed by atoms with Crippen molar-refractivity contribution in [1.82, 2.24) is 19.7 Å². The Morgan fingerprint density at radius 1 is 1.20 bits per heavy atom. The Kier molecular flexibility index (Phi) is 3.19. The van der Waals surface area contributed by atoms with E-state index < -0.39 is 0 Å². The van der Waals surface area contributed by atoms with Crippen LogP contribution in [0.25, 0.3) is 0 Å². The fraction of sp³-hybridized carbons (Fsp3) is 0.231. The number of nitrogens with zero attached hydrogens (tertiary/aromatic N) is 4. The molecule has 1 aliphatic heterocycles. The molecule has 2 aromatic rings. The Hall–Kier alpha value is -2.28. The molecule has 0 unspecified atom stereocenters. The summed E-state index contributed by atoms with van der Waals surface area (Å²) in [6.07, 6.45) is 1.69. The predicted molar refractivity (Wildman–Crippen MR) is 77.1 cm³/mol. The van der Waals surface area contributed by atoms with Crippen LogP contribution in [-0.4, -0.2) is 37.1 Å². The van der Waals surface area contributed by atoms with Crippen LogP contribution in [0.4, 0.5) is 0 Å². The average molecular weight is 287 g/mol. The molecule has 6 nitrogen and oxygen atoms in total. The van der Waals surface area contributed by atoms with E-state index in [0.29, 0.717) is 23.6 Å². The zero-order chi connectivity index (χ0) is 14.1. The highest BCUT2D eigenvalue weighted by Gasteiger charge is 2.22. The minimum absolute atomic E-state index is 0.0197. The minimum atomic E-state index is -0.0197. The monoisotopic (exact) mass is 287 g/mol. The highest BCUT2D eigenvalue weighted by atomic mass is 32.1.